The first-order chi connectivity index (χ1) is 8.56. The highest BCUT2D eigenvalue weighted by molar-refractivity contribution is 7.12. The molecule has 1 amide bonds. The van der Waals surface area contributed by atoms with Gasteiger partial charge in [-0.25, -0.2) is 0 Å². The van der Waals surface area contributed by atoms with Crippen LogP contribution in [0.4, 0.5) is 0 Å². The van der Waals surface area contributed by atoms with Gasteiger partial charge in [-0.1, -0.05) is 0 Å². The van der Waals surface area contributed by atoms with Crippen LogP contribution < -0.4 is 10.6 Å². The highest BCUT2D eigenvalue weighted by Crippen LogP contribution is 2.17. The van der Waals surface area contributed by atoms with Gasteiger partial charge in [0.25, 0.3) is 0 Å². The zero-order valence-corrected chi connectivity index (χ0v) is 11.6. The topological polar surface area (TPSA) is 67.4 Å². The summed E-state index contributed by atoms with van der Waals surface area (Å²) in [5.74, 6) is -0.281. The number of carbonyl (C=O) groups is 2. The van der Waals surface area contributed by atoms with Crippen molar-refractivity contribution in [2.75, 3.05) is 14.2 Å². The first-order valence-electron chi connectivity index (χ1n) is 5.66. The molecule has 0 bridgehead atoms. The minimum absolute atomic E-state index is 0.0404. The SMILES string of the molecule is CNC(=O)C(C)NCc1ccc(CC(=O)OC)s1. The molecule has 0 aliphatic heterocycles. The van der Waals surface area contributed by atoms with Crippen molar-refractivity contribution in [3.8, 4) is 0 Å². The van der Waals surface area contributed by atoms with Gasteiger partial charge in [-0.2, -0.15) is 0 Å². The Balaban J connectivity index is 2.44. The van der Waals surface area contributed by atoms with Crippen molar-refractivity contribution in [1.82, 2.24) is 10.6 Å². The predicted molar refractivity (Wildman–Crippen MR) is 70.4 cm³/mol. The first kappa shape index (κ1) is 14.7. The van der Waals surface area contributed by atoms with Crippen LogP contribution in [0.25, 0.3) is 0 Å². The molecule has 2 N–H and O–H groups in total. The van der Waals surface area contributed by atoms with Crippen molar-refractivity contribution in [3.63, 3.8) is 0 Å². The van der Waals surface area contributed by atoms with E-state index in [0.29, 0.717) is 13.0 Å². The summed E-state index contributed by atoms with van der Waals surface area (Å²) in [7, 11) is 2.99. The third kappa shape index (κ3) is 4.46. The molecule has 18 heavy (non-hydrogen) atoms. The molecule has 100 valence electrons. The fourth-order valence-electron chi connectivity index (χ4n) is 1.39. The number of ether oxygens (including phenoxy) is 1. The molecule has 1 aromatic heterocycles. The average molecular weight is 270 g/mol. The van der Waals surface area contributed by atoms with E-state index >= 15 is 0 Å². The Morgan fingerprint density at radius 1 is 1.39 bits per heavy atom. The van der Waals surface area contributed by atoms with E-state index in [1.165, 1.54) is 7.11 Å². The molecule has 0 saturated heterocycles. The van der Waals surface area contributed by atoms with Crippen LogP contribution in [-0.2, 0) is 27.3 Å². The molecule has 0 fully saturated rings. The first-order valence-corrected chi connectivity index (χ1v) is 6.47. The van der Waals surface area contributed by atoms with Gasteiger partial charge in [0.2, 0.25) is 5.91 Å². The number of esters is 1. The highest BCUT2D eigenvalue weighted by atomic mass is 32.1. The molecule has 0 radical (unpaired) electrons. The minimum Gasteiger partial charge on any atom is -0.469 e. The second kappa shape index (κ2) is 7.13. The van der Waals surface area contributed by atoms with Gasteiger partial charge in [-0.05, 0) is 19.1 Å². The van der Waals surface area contributed by atoms with Gasteiger partial charge in [-0.15, -0.1) is 11.3 Å². The van der Waals surface area contributed by atoms with E-state index in [4.69, 9.17) is 0 Å². The number of likely N-dealkylation sites (N-methyl/N-ethyl adjacent to an activating group) is 1. The molecular formula is C12H18N2O3S. The molecule has 0 aromatic carbocycles. The summed E-state index contributed by atoms with van der Waals surface area (Å²) in [6.07, 6.45) is 0.298. The highest BCUT2D eigenvalue weighted by Gasteiger charge is 2.11. The molecule has 6 heteroatoms. The molecule has 5 nitrogen and oxygen atoms in total. The predicted octanol–water partition coefficient (Wildman–Crippen LogP) is 0.688. The summed E-state index contributed by atoms with van der Waals surface area (Å²) in [5, 5.41) is 5.69. The molecule has 0 spiro atoms. The Labute approximate surface area is 111 Å². The second-order valence-corrected chi connectivity index (χ2v) is 5.09. The molecule has 0 saturated carbocycles. The Morgan fingerprint density at radius 2 is 2.06 bits per heavy atom. The van der Waals surface area contributed by atoms with Crippen LogP contribution in [0.5, 0.6) is 0 Å². The van der Waals surface area contributed by atoms with E-state index in [-0.39, 0.29) is 17.9 Å². The van der Waals surface area contributed by atoms with E-state index in [1.54, 1.807) is 18.4 Å². The smallest absolute Gasteiger partial charge is 0.310 e. The summed E-state index contributed by atoms with van der Waals surface area (Å²) in [6, 6.07) is 3.62. The third-order valence-corrected chi connectivity index (χ3v) is 3.57. The number of hydrogen-bond donors (Lipinski definition) is 2. The van der Waals surface area contributed by atoms with E-state index in [0.717, 1.165) is 9.75 Å². The lowest BCUT2D eigenvalue weighted by Crippen LogP contribution is -2.40. The van der Waals surface area contributed by atoms with Crippen LogP contribution in [0.3, 0.4) is 0 Å². The largest absolute Gasteiger partial charge is 0.469 e. The Bertz CT molecular complexity index is 417. The van der Waals surface area contributed by atoms with Crippen molar-refractivity contribution < 1.29 is 14.3 Å². The van der Waals surface area contributed by atoms with E-state index < -0.39 is 0 Å². The molecule has 1 heterocycles. The van der Waals surface area contributed by atoms with Gasteiger partial charge in [0, 0.05) is 23.3 Å². The van der Waals surface area contributed by atoms with Crippen molar-refractivity contribution >= 4 is 23.2 Å². The monoisotopic (exact) mass is 270 g/mol. The molecule has 0 aliphatic carbocycles. The molecule has 1 unspecified atom stereocenters. The Morgan fingerprint density at radius 3 is 2.67 bits per heavy atom. The van der Waals surface area contributed by atoms with Gasteiger partial charge in [0.15, 0.2) is 0 Å². The van der Waals surface area contributed by atoms with Gasteiger partial charge in [-0.3, -0.25) is 9.59 Å². The third-order valence-electron chi connectivity index (χ3n) is 2.49. The lowest BCUT2D eigenvalue weighted by atomic mass is 10.3. The van der Waals surface area contributed by atoms with Crippen LogP contribution in [0.15, 0.2) is 12.1 Å². The molecule has 1 aromatic rings. The summed E-state index contributed by atoms with van der Waals surface area (Å²) < 4.78 is 4.61. The summed E-state index contributed by atoms with van der Waals surface area (Å²) >= 11 is 1.54. The minimum atomic E-state index is -0.241. The van der Waals surface area contributed by atoms with Crippen molar-refractivity contribution in [2.45, 2.75) is 25.9 Å². The quantitative estimate of drug-likeness (QED) is 0.746. The fraction of sp³-hybridized carbons (Fsp3) is 0.500. The molecule has 1 rings (SSSR count). The average Bonchev–Trinajstić information content (AvgIpc) is 2.82. The van der Waals surface area contributed by atoms with E-state index in [1.807, 2.05) is 19.1 Å². The summed E-state index contributed by atoms with van der Waals surface area (Å²) in [4.78, 5) is 24.4. The number of amides is 1. The normalized spacial score (nSPS) is 11.9. The van der Waals surface area contributed by atoms with Crippen LogP contribution in [0.2, 0.25) is 0 Å². The molecule has 0 aliphatic rings. The zero-order chi connectivity index (χ0) is 13.5. The van der Waals surface area contributed by atoms with E-state index in [9.17, 15) is 9.59 Å². The number of hydrogen-bond acceptors (Lipinski definition) is 5. The molecular weight excluding hydrogens is 252 g/mol. The lowest BCUT2D eigenvalue weighted by molar-refractivity contribution is -0.139. The maximum atomic E-state index is 11.3. The summed E-state index contributed by atoms with van der Waals surface area (Å²) in [6.45, 7) is 2.42. The zero-order valence-electron chi connectivity index (χ0n) is 10.8. The maximum Gasteiger partial charge on any atom is 0.310 e. The van der Waals surface area contributed by atoms with Crippen LogP contribution >= 0.6 is 11.3 Å². The maximum absolute atomic E-state index is 11.3. The Kier molecular flexibility index (Phi) is 5.80. The lowest BCUT2D eigenvalue weighted by Gasteiger charge is -2.10. The second-order valence-electron chi connectivity index (χ2n) is 3.84. The summed E-state index contributed by atoms with van der Waals surface area (Å²) in [5.41, 5.74) is 0. The standard InChI is InChI=1S/C12H18N2O3S/c1-8(12(16)13-2)14-7-10-5-4-9(18-10)6-11(15)17-3/h4-5,8,14H,6-7H2,1-3H3,(H,13,16). The van der Waals surface area contributed by atoms with Gasteiger partial charge < -0.3 is 15.4 Å². The van der Waals surface area contributed by atoms with Gasteiger partial charge in [0.05, 0.1) is 19.6 Å². The van der Waals surface area contributed by atoms with Crippen molar-refractivity contribution in [1.29, 1.82) is 0 Å². The van der Waals surface area contributed by atoms with Crippen molar-refractivity contribution in [2.24, 2.45) is 0 Å². The number of nitrogens with one attached hydrogen (secondary N) is 2. The van der Waals surface area contributed by atoms with E-state index in [2.05, 4.69) is 15.4 Å². The fourth-order valence-corrected chi connectivity index (χ4v) is 2.34. The van der Waals surface area contributed by atoms with Crippen LogP contribution in [-0.4, -0.2) is 32.1 Å². The van der Waals surface area contributed by atoms with Crippen molar-refractivity contribution in [3.05, 3.63) is 21.9 Å². The Hall–Kier alpha value is -1.40. The van der Waals surface area contributed by atoms with Gasteiger partial charge in [0.1, 0.15) is 0 Å². The number of carbonyl (C=O) groups excluding carboxylic acids is 2. The van der Waals surface area contributed by atoms with Crippen LogP contribution in [0, 0.1) is 0 Å². The number of thiophene rings is 1. The number of methoxy groups -OCH3 is 1. The van der Waals surface area contributed by atoms with Crippen LogP contribution in [0.1, 0.15) is 16.7 Å². The molecule has 1 atom stereocenters. The number of rotatable bonds is 6. The van der Waals surface area contributed by atoms with Gasteiger partial charge >= 0.3 is 5.97 Å².